The lowest BCUT2D eigenvalue weighted by Gasteiger charge is -2.36. The van der Waals surface area contributed by atoms with E-state index in [4.69, 9.17) is 4.74 Å². The maximum atomic E-state index is 12.1. The third-order valence-electron chi connectivity index (χ3n) is 5.04. The van der Waals surface area contributed by atoms with Crippen molar-refractivity contribution in [3.05, 3.63) is 0 Å². The van der Waals surface area contributed by atoms with Crippen LogP contribution in [-0.4, -0.2) is 35.7 Å². The minimum absolute atomic E-state index is 0.113. The second kappa shape index (κ2) is 7.25. The van der Waals surface area contributed by atoms with Crippen LogP contribution in [0.3, 0.4) is 0 Å². The summed E-state index contributed by atoms with van der Waals surface area (Å²) in [7, 11) is 0. The molecule has 0 bridgehead atoms. The highest BCUT2D eigenvalue weighted by Gasteiger charge is 2.42. The van der Waals surface area contributed by atoms with E-state index in [2.05, 4.69) is 12.2 Å². The van der Waals surface area contributed by atoms with Gasteiger partial charge in [0, 0.05) is 19.6 Å². The first-order valence-electron chi connectivity index (χ1n) is 8.14. The van der Waals surface area contributed by atoms with E-state index in [9.17, 15) is 14.7 Å². The summed E-state index contributed by atoms with van der Waals surface area (Å²) in [6.07, 6.45) is 6.11. The predicted octanol–water partition coefficient (Wildman–Crippen LogP) is 2.34. The number of carboxylic acids is 1. The average molecular weight is 297 g/mol. The first kappa shape index (κ1) is 16.3. The molecule has 1 amide bonds. The third kappa shape index (κ3) is 4.43. The summed E-state index contributed by atoms with van der Waals surface area (Å²) in [5, 5.41) is 12.3. The predicted molar refractivity (Wildman–Crippen MR) is 78.9 cm³/mol. The summed E-state index contributed by atoms with van der Waals surface area (Å²) in [6, 6.07) is 0. The molecule has 0 aromatic rings. The number of hydrogen-bond donors (Lipinski definition) is 2. The Balaban J connectivity index is 1.82. The van der Waals surface area contributed by atoms with Crippen LogP contribution in [0.4, 0.5) is 0 Å². The largest absolute Gasteiger partial charge is 0.480 e. The van der Waals surface area contributed by atoms with Gasteiger partial charge >= 0.3 is 5.97 Å². The summed E-state index contributed by atoms with van der Waals surface area (Å²) >= 11 is 0. The zero-order valence-electron chi connectivity index (χ0n) is 12.9. The first-order valence-corrected chi connectivity index (χ1v) is 8.14. The van der Waals surface area contributed by atoms with Gasteiger partial charge in [-0.2, -0.15) is 0 Å². The molecule has 2 fully saturated rings. The zero-order chi connectivity index (χ0) is 15.3. The van der Waals surface area contributed by atoms with E-state index in [0.717, 1.165) is 45.3 Å². The Morgan fingerprint density at radius 1 is 1.19 bits per heavy atom. The zero-order valence-corrected chi connectivity index (χ0v) is 12.9. The molecule has 5 nitrogen and oxygen atoms in total. The molecule has 1 aliphatic carbocycles. The molecule has 0 spiro atoms. The topological polar surface area (TPSA) is 75.6 Å². The Morgan fingerprint density at radius 2 is 1.81 bits per heavy atom. The molecule has 2 N–H and O–H groups in total. The molecule has 2 aliphatic rings. The number of rotatable bonds is 5. The van der Waals surface area contributed by atoms with Crippen LogP contribution >= 0.6 is 0 Å². The highest BCUT2D eigenvalue weighted by molar-refractivity contribution is 5.87. The van der Waals surface area contributed by atoms with Gasteiger partial charge in [0.1, 0.15) is 5.54 Å². The van der Waals surface area contributed by atoms with Gasteiger partial charge in [0.05, 0.1) is 0 Å². The second-order valence-corrected chi connectivity index (χ2v) is 6.71. The Morgan fingerprint density at radius 3 is 2.38 bits per heavy atom. The molecule has 1 heterocycles. The highest BCUT2D eigenvalue weighted by Crippen LogP contribution is 2.32. The molecule has 0 unspecified atom stereocenters. The number of nitrogens with one attached hydrogen (secondary N) is 1. The minimum Gasteiger partial charge on any atom is -0.480 e. The lowest BCUT2D eigenvalue weighted by atomic mass is 9.77. The molecule has 0 atom stereocenters. The molecule has 0 aromatic heterocycles. The van der Waals surface area contributed by atoms with Gasteiger partial charge in [0.25, 0.3) is 0 Å². The molecule has 5 heteroatoms. The van der Waals surface area contributed by atoms with Gasteiger partial charge in [-0.1, -0.05) is 6.92 Å². The van der Waals surface area contributed by atoms with E-state index in [1.165, 1.54) is 0 Å². The van der Waals surface area contributed by atoms with Crippen molar-refractivity contribution in [2.45, 2.75) is 63.8 Å². The molecule has 21 heavy (non-hydrogen) atoms. The van der Waals surface area contributed by atoms with Gasteiger partial charge in [0.2, 0.25) is 5.91 Å². The molecular formula is C16H27NO4. The van der Waals surface area contributed by atoms with Crippen molar-refractivity contribution in [1.29, 1.82) is 0 Å². The summed E-state index contributed by atoms with van der Waals surface area (Å²) in [5.41, 5.74) is -1.03. The van der Waals surface area contributed by atoms with Crippen LogP contribution < -0.4 is 5.32 Å². The van der Waals surface area contributed by atoms with Crippen LogP contribution in [0, 0.1) is 11.8 Å². The van der Waals surface area contributed by atoms with Crippen LogP contribution in [0.1, 0.15) is 58.3 Å². The summed E-state index contributed by atoms with van der Waals surface area (Å²) < 4.78 is 5.31. The molecule has 1 saturated heterocycles. The number of carbonyl (C=O) groups excluding carboxylic acids is 1. The number of amides is 1. The monoisotopic (exact) mass is 297 g/mol. The lowest BCUT2D eigenvalue weighted by Crippen LogP contribution is -2.56. The van der Waals surface area contributed by atoms with Crippen LogP contribution in [0.2, 0.25) is 0 Å². The maximum Gasteiger partial charge on any atom is 0.329 e. The van der Waals surface area contributed by atoms with Crippen molar-refractivity contribution in [2.24, 2.45) is 11.8 Å². The number of hydrogen-bond acceptors (Lipinski definition) is 3. The Kier molecular flexibility index (Phi) is 5.62. The van der Waals surface area contributed by atoms with E-state index < -0.39 is 11.5 Å². The van der Waals surface area contributed by atoms with Gasteiger partial charge in [-0.3, -0.25) is 4.79 Å². The third-order valence-corrected chi connectivity index (χ3v) is 5.04. The first-order chi connectivity index (χ1) is 10.0. The summed E-state index contributed by atoms with van der Waals surface area (Å²) in [6.45, 7) is 3.70. The lowest BCUT2D eigenvalue weighted by molar-refractivity contribution is -0.149. The van der Waals surface area contributed by atoms with Gasteiger partial charge in [0.15, 0.2) is 0 Å². The number of aliphatic carboxylic acids is 1. The molecule has 0 aromatic carbocycles. The fourth-order valence-corrected chi connectivity index (χ4v) is 3.35. The van der Waals surface area contributed by atoms with Crippen molar-refractivity contribution < 1.29 is 19.4 Å². The average Bonchev–Trinajstić information content (AvgIpc) is 2.48. The van der Waals surface area contributed by atoms with Gasteiger partial charge in [-0.25, -0.2) is 4.79 Å². The molecule has 120 valence electrons. The normalized spacial score (nSPS) is 30.8. The quantitative estimate of drug-likeness (QED) is 0.816. The van der Waals surface area contributed by atoms with Crippen LogP contribution in [0.25, 0.3) is 0 Å². The maximum absolute atomic E-state index is 12.1. The summed E-state index contributed by atoms with van der Waals surface area (Å²) in [5.74, 6) is 0.0977. The number of carbonyl (C=O) groups is 2. The van der Waals surface area contributed by atoms with Gasteiger partial charge in [-0.15, -0.1) is 0 Å². The van der Waals surface area contributed by atoms with Crippen LogP contribution in [0.15, 0.2) is 0 Å². The fourth-order valence-electron chi connectivity index (χ4n) is 3.35. The van der Waals surface area contributed by atoms with Crippen LogP contribution in [-0.2, 0) is 14.3 Å². The van der Waals surface area contributed by atoms with Gasteiger partial charge < -0.3 is 15.2 Å². The van der Waals surface area contributed by atoms with E-state index in [1.807, 2.05) is 0 Å². The minimum atomic E-state index is -1.03. The Hall–Kier alpha value is -1.10. The van der Waals surface area contributed by atoms with Crippen molar-refractivity contribution >= 4 is 11.9 Å². The molecular weight excluding hydrogens is 270 g/mol. The van der Waals surface area contributed by atoms with Crippen LogP contribution in [0.5, 0.6) is 0 Å². The number of carboxylic acid groups (broad SMARTS) is 1. The van der Waals surface area contributed by atoms with Crippen molar-refractivity contribution in [2.75, 3.05) is 13.2 Å². The molecule has 1 aliphatic heterocycles. The molecule has 1 saturated carbocycles. The van der Waals surface area contributed by atoms with Gasteiger partial charge in [-0.05, 0) is 56.8 Å². The van der Waals surface area contributed by atoms with E-state index in [-0.39, 0.29) is 5.91 Å². The highest BCUT2D eigenvalue weighted by atomic mass is 16.5. The van der Waals surface area contributed by atoms with Crippen molar-refractivity contribution in [3.63, 3.8) is 0 Å². The summed E-state index contributed by atoms with van der Waals surface area (Å²) in [4.78, 5) is 23.7. The van der Waals surface area contributed by atoms with Crippen molar-refractivity contribution in [1.82, 2.24) is 5.32 Å². The smallest absolute Gasteiger partial charge is 0.329 e. The molecule has 2 rings (SSSR count). The second-order valence-electron chi connectivity index (χ2n) is 6.71. The standard InChI is InChI=1S/C16H27NO4/c1-12-4-8-16(9-5-12,15(19)20)17-14(18)3-2-13-6-10-21-11-7-13/h12-13H,2-11H2,1H3,(H,17,18)(H,19,20). The molecule has 0 radical (unpaired) electrons. The van der Waals surface area contributed by atoms with E-state index >= 15 is 0 Å². The Labute approximate surface area is 126 Å². The number of ether oxygens (including phenoxy) is 1. The van der Waals surface area contributed by atoms with Crippen molar-refractivity contribution in [3.8, 4) is 0 Å². The Bertz CT molecular complexity index is 368. The fraction of sp³-hybridized carbons (Fsp3) is 0.875. The van der Waals surface area contributed by atoms with E-state index in [1.54, 1.807) is 0 Å². The SMILES string of the molecule is CC1CCC(NC(=O)CCC2CCOCC2)(C(=O)O)CC1. The van der Waals surface area contributed by atoms with E-state index in [0.29, 0.717) is 31.1 Å².